The van der Waals surface area contributed by atoms with Gasteiger partial charge >= 0.3 is 5.97 Å². The standard InChI is InChI=1S/C14H14FNO4/c1-20-12(17)8-9(15)6-7-16-13(18)10-4-2-3-5-11(10)14(16)19/h2-5,9H,6-8H2,1H3. The van der Waals surface area contributed by atoms with Crippen molar-refractivity contribution in [3.8, 4) is 0 Å². The quantitative estimate of drug-likeness (QED) is 0.606. The largest absolute Gasteiger partial charge is 0.469 e. The molecular weight excluding hydrogens is 265 g/mol. The molecule has 1 unspecified atom stereocenters. The minimum Gasteiger partial charge on any atom is -0.469 e. The summed E-state index contributed by atoms with van der Waals surface area (Å²) < 4.78 is 17.9. The number of hydrogen-bond donors (Lipinski definition) is 0. The number of esters is 1. The smallest absolute Gasteiger partial charge is 0.308 e. The van der Waals surface area contributed by atoms with Crippen molar-refractivity contribution in [1.29, 1.82) is 0 Å². The molecule has 0 aromatic heterocycles. The fourth-order valence-corrected chi connectivity index (χ4v) is 2.08. The van der Waals surface area contributed by atoms with Gasteiger partial charge < -0.3 is 4.74 Å². The third-order valence-corrected chi connectivity index (χ3v) is 3.16. The molecule has 1 aromatic carbocycles. The summed E-state index contributed by atoms with van der Waals surface area (Å²) in [6.45, 7) is -0.0511. The van der Waals surface area contributed by atoms with Gasteiger partial charge in [-0.15, -0.1) is 0 Å². The third kappa shape index (κ3) is 2.68. The molecule has 106 valence electrons. The summed E-state index contributed by atoms with van der Waals surface area (Å²) in [6.07, 6.45) is -1.90. The Labute approximate surface area is 115 Å². The number of fused-ring (bicyclic) bond motifs is 1. The second kappa shape index (κ2) is 5.81. The summed E-state index contributed by atoms with van der Waals surface area (Å²) in [4.78, 5) is 35.9. The predicted molar refractivity (Wildman–Crippen MR) is 68.0 cm³/mol. The maximum absolute atomic E-state index is 13.5. The normalized spacial score (nSPS) is 15.2. The summed E-state index contributed by atoms with van der Waals surface area (Å²) >= 11 is 0. The molecule has 1 heterocycles. The summed E-state index contributed by atoms with van der Waals surface area (Å²) in [5, 5.41) is 0. The molecule has 6 heteroatoms. The molecule has 0 saturated heterocycles. The van der Waals surface area contributed by atoms with Gasteiger partial charge in [0, 0.05) is 6.54 Å². The van der Waals surface area contributed by atoms with E-state index in [-0.39, 0.29) is 19.4 Å². The summed E-state index contributed by atoms with van der Waals surface area (Å²) in [5.74, 6) is -1.49. The number of hydrogen-bond acceptors (Lipinski definition) is 4. The minimum atomic E-state index is -1.44. The van der Waals surface area contributed by atoms with Crippen molar-refractivity contribution in [2.24, 2.45) is 0 Å². The number of rotatable bonds is 5. The maximum Gasteiger partial charge on any atom is 0.308 e. The molecule has 0 fully saturated rings. The highest BCUT2D eigenvalue weighted by Gasteiger charge is 2.35. The number of ether oxygens (including phenoxy) is 1. The van der Waals surface area contributed by atoms with E-state index < -0.39 is 24.0 Å². The lowest BCUT2D eigenvalue weighted by Crippen LogP contribution is -2.32. The maximum atomic E-state index is 13.5. The lowest BCUT2D eigenvalue weighted by molar-refractivity contribution is -0.141. The topological polar surface area (TPSA) is 63.7 Å². The van der Waals surface area contributed by atoms with Crippen LogP contribution in [-0.2, 0) is 9.53 Å². The van der Waals surface area contributed by atoms with Crippen molar-refractivity contribution in [2.45, 2.75) is 19.0 Å². The van der Waals surface area contributed by atoms with E-state index in [1.807, 2.05) is 0 Å². The SMILES string of the molecule is COC(=O)CC(F)CCN1C(=O)c2ccccc2C1=O. The molecule has 0 saturated carbocycles. The Hall–Kier alpha value is -2.24. The van der Waals surface area contributed by atoms with Gasteiger partial charge in [0.1, 0.15) is 6.17 Å². The number of alkyl halides is 1. The lowest BCUT2D eigenvalue weighted by atomic mass is 10.1. The number of carbonyl (C=O) groups is 3. The fraction of sp³-hybridized carbons (Fsp3) is 0.357. The molecule has 0 aliphatic carbocycles. The van der Waals surface area contributed by atoms with Crippen LogP contribution in [0.15, 0.2) is 24.3 Å². The molecule has 2 rings (SSSR count). The molecule has 1 aliphatic rings. The number of amides is 2. The molecule has 0 spiro atoms. The van der Waals surface area contributed by atoms with E-state index in [1.165, 1.54) is 7.11 Å². The van der Waals surface area contributed by atoms with Crippen molar-refractivity contribution in [1.82, 2.24) is 4.90 Å². The van der Waals surface area contributed by atoms with Gasteiger partial charge in [0.15, 0.2) is 0 Å². The Morgan fingerprint density at radius 1 is 1.25 bits per heavy atom. The molecular formula is C14H14FNO4. The van der Waals surface area contributed by atoms with Crippen LogP contribution in [0.4, 0.5) is 4.39 Å². The van der Waals surface area contributed by atoms with Gasteiger partial charge in [0.2, 0.25) is 0 Å². The average Bonchev–Trinajstić information content (AvgIpc) is 2.69. The molecule has 20 heavy (non-hydrogen) atoms. The van der Waals surface area contributed by atoms with Crippen molar-refractivity contribution in [2.75, 3.05) is 13.7 Å². The highest BCUT2D eigenvalue weighted by atomic mass is 19.1. The number of imide groups is 1. The highest BCUT2D eigenvalue weighted by Crippen LogP contribution is 2.23. The van der Waals surface area contributed by atoms with E-state index in [1.54, 1.807) is 24.3 Å². The van der Waals surface area contributed by atoms with Gasteiger partial charge in [0.05, 0.1) is 24.7 Å². The van der Waals surface area contributed by atoms with Crippen LogP contribution in [0.1, 0.15) is 33.6 Å². The number of benzene rings is 1. The van der Waals surface area contributed by atoms with Gasteiger partial charge in [0.25, 0.3) is 11.8 Å². The van der Waals surface area contributed by atoms with Crippen molar-refractivity contribution in [3.05, 3.63) is 35.4 Å². The second-order valence-electron chi connectivity index (χ2n) is 4.47. The summed E-state index contributed by atoms with van der Waals surface area (Å²) in [5.41, 5.74) is 0.668. The molecule has 5 nitrogen and oxygen atoms in total. The minimum absolute atomic E-state index is 0.0511. The van der Waals surface area contributed by atoms with Crippen LogP contribution in [0.2, 0.25) is 0 Å². The summed E-state index contributed by atoms with van der Waals surface area (Å²) in [6, 6.07) is 6.47. The van der Waals surface area contributed by atoms with Crippen molar-refractivity contribution in [3.63, 3.8) is 0 Å². The molecule has 2 amide bonds. The van der Waals surface area contributed by atoms with Crippen molar-refractivity contribution >= 4 is 17.8 Å². The predicted octanol–water partition coefficient (Wildman–Crippen LogP) is 1.57. The Morgan fingerprint density at radius 2 is 1.80 bits per heavy atom. The Kier molecular flexibility index (Phi) is 4.12. The van der Waals surface area contributed by atoms with E-state index in [2.05, 4.69) is 4.74 Å². The van der Waals surface area contributed by atoms with Crippen LogP contribution in [0, 0.1) is 0 Å². The second-order valence-corrected chi connectivity index (χ2v) is 4.47. The van der Waals surface area contributed by atoms with Crippen LogP contribution < -0.4 is 0 Å². The number of nitrogens with zero attached hydrogens (tertiary/aromatic N) is 1. The van der Waals surface area contributed by atoms with E-state index >= 15 is 0 Å². The van der Waals surface area contributed by atoms with E-state index in [9.17, 15) is 18.8 Å². The van der Waals surface area contributed by atoms with Crippen LogP contribution in [0.5, 0.6) is 0 Å². The monoisotopic (exact) mass is 279 g/mol. The van der Waals surface area contributed by atoms with E-state index in [4.69, 9.17) is 0 Å². The Morgan fingerprint density at radius 3 is 2.30 bits per heavy atom. The van der Waals surface area contributed by atoms with Crippen LogP contribution in [0.25, 0.3) is 0 Å². The van der Waals surface area contributed by atoms with Crippen LogP contribution in [-0.4, -0.2) is 42.5 Å². The van der Waals surface area contributed by atoms with Gasteiger partial charge in [-0.1, -0.05) is 12.1 Å². The zero-order chi connectivity index (χ0) is 14.7. The Bertz CT molecular complexity index is 523. The lowest BCUT2D eigenvalue weighted by Gasteiger charge is -2.15. The number of halogens is 1. The molecule has 1 atom stereocenters. The summed E-state index contributed by atoms with van der Waals surface area (Å²) in [7, 11) is 1.18. The zero-order valence-corrected chi connectivity index (χ0v) is 11.0. The first-order chi connectivity index (χ1) is 9.54. The Balaban J connectivity index is 1.97. The first-order valence-corrected chi connectivity index (χ1v) is 6.20. The molecule has 0 radical (unpaired) electrons. The van der Waals surface area contributed by atoms with Gasteiger partial charge in [-0.3, -0.25) is 19.3 Å². The van der Waals surface area contributed by atoms with Gasteiger partial charge in [-0.05, 0) is 18.6 Å². The molecule has 0 bridgehead atoms. The average molecular weight is 279 g/mol. The van der Waals surface area contributed by atoms with Gasteiger partial charge in [-0.2, -0.15) is 0 Å². The third-order valence-electron chi connectivity index (χ3n) is 3.16. The number of carbonyl (C=O) groups excluding carboxylic acids is 3. The molecule has 0 N–H and O–H groups in total. The molecule has 1 aromatic rings. The van der Waals surface area contributed by atoms with E-state index in [0.717, 1.165) is 4.90 Å². The zero-order valence-electron chi connectivity index (χ0n) is 11.0. The first kappa shape index (κ1) is 14.2. The number of methoxy groups -OCH3 is 1. The van der Waals surface area contributed by atoms with Crippen molar-refractivity contribution < 1.29 is 23.5 Å². The highest BCUT2D eigenvalue weighted by molar-refractivity contribution is 6.21. The van der Waals surface area contributed by atoms with Crippen LogP contribution in [0.3, 0.4) is 0 Å². The van der Waals surface area contributed by atoms with Crippen LogP contribution >= 0.6 is 0 Å². The fourth-order valence-electron chi connectivity index (χ4n) is 2.08. The van der Waals surface area contributed by atoms with E-state index in [0.29, 0.717) is 11.1 Å². The molecule has 1 aliphatic heterocycles. The van der Waals surface area contributed by atoms with Gasteiger partial charge in [-0.25, -0.2) is 4.39 Å². The first-order valence-electron chi connectivity index (χ1n) is 6.20.